The molecule has 0 aliphatic carbocycles. The van der Waals surface area contributed by atoms with Crippen molar-refractivity contribution in [3.05, 3.63) is 17.5 Å². The van der Waals surface area contributed by atoms with Gasteiger partial charge in [-0.25, -0.2) is 9.97 Å². The van der Waals surface area contributed by atoms with E-state index in [1.807, 2.05) is 4.90 Å². The van der Waals surface area contributed by atoms with Crippen molar-refractivity contribution in [3.8, 4) is 0 Å². The molecular formula is C8H9ClFN3. The molecule has 0 saturated carbocycles. The van der Waals surface area contributed by atoms with Crippen molar-refractivity contribution in [1.82, 2.24) is 9.97 Å². The van der Waals surface area contributed by atoms with Crippen molar-refractivity contribution in [2.45, 2.75) is 0 Å². The Morgan fingerprint density at radius 2 is 2.38 bits per heavy atom. The van der Waals surface area contributed by atoms with E-state index in [-0.39, 0.29) is 12.6 Å². The summed E-state index contributed by atoms with van der Waals surface area (Å²) in [5, 5.41) is 0.528. The molecule has 0 aromatic carbocycles. The minimum Gasteiger partial charge on any atom is -0.354 e. The molecule has 2 rings (SSSR count). The van der Waals surface area contributed by atoms with Gasteiger partial charge in [0, 0.05) is 19.0 Å². The fourth-order valence-corrected chi connectivity index (χ4v) is 1.60. The Balaban J connectivity index is 2.07. The van der Waals surface area contributed by atoms with Gasteiger partial charge in [0.15, 0.2) is 5.82 Å². The summed E-state index contributed by atoms with van der Waals surface area (Å²) in [5.74, 6) is 0.854. The van der Waals surface area contributed by atoms with E-state index in [1.54, 1.807) is 6.20 Å². The highest BCUT2D eigenvalue weighted by Crippen LogP contribution is 2.28. The Labute approximate surface area is 80.6 Å². The van der Waals surface area contributed by atoms with Gasteiger partial charge in [-0.1, -0.05) is 11.6 Å². The van der Waals surface area contributed by atoms with Crippen LogP contribution >= 0.6 is 11.6 Å². The van der Waals surface area contributed by atoms with Crippen LogP contribution in [0.15, 0.2) is 12.5 Å². The number of nitrogens with zero attached hydrogens (tertiary/aromatic N) is 3. The predicted octanol–water partition coefficient (Wildman–Crippen LogP) is 1.54. The van der Waals surface area contributed by atoms with E-state index in [0.717, 1.165) is 0 Å². The van der Waals surface area contributed by atoms with Gasteiger partial charge in [-0.2, -0.15) is 0 Å². The summed E-state index contributed by atoms with van der Waals surface area (Å²) in [7, 11) is 0. The van der Waals surface area contributed by atoms with Crippen molar-refractivity contribution >= 4 is 17.4 Å². The van der Waals surface area contributed by atoms with Crippen LogP contribution in [-0.4, -0.2) is 29.7 Å². The van der Waals surface area contributed by atoms with Crippen molar-refractivity contribution in [2.75, 3.05) is 24.7 Å². The van der Waals surface area contributed by atoms with Gasteiger partial charge in [-0.3, -0.25) is 4.39 Å². The highest BCUT2D eigenvalue weighted by atomic mass is 35.5. The third-order valence-electron chi connectivity index (χ3n) is 2.12. The Hall–Kier alpha value is -0.900. The lowest BCUT2D eigenvalue weighted by molar-refractivity contribution is 0.305. The molecule has 13 heavy (non-hydrogen) atoms. The van der Waals surface area contributed by atoms with Crippen LogP contribution in [-0.2, 0) is 0 Å². The summed E-state index contributed by atoms with van der Waals surface area (Å²) >= 11 is 5.86. The Bertz CT molecular complexity index is 301. The van der Waals surface area contributed by atoms with Gasteiger partial charge < -0.3 is 4.90 Å². The average Bonchev–Trinajstić information content (AvgIpc) is 2.06. The Morgan fingerprint density at radius 1 is 1.62 bits per heavy atom. The summed E-state index contributed by atoms with van der Waals surface area (Å²) in [6, 6.07) is 0. The van der Waals surface area contributed by atoms with E-state index >= 15 is 0 Å². The van der Waals surface area contributed by atoms with Crippen LogP contribution in [0.3, 0.4) is 0 Å². The van der Waals surface area contributed by atoms with Crippen molar-refractivity contribution < 1.29 is 4.39 Å². The number of alkyl halides is 1. The number of hydrogen-bond acceptors (Lipinski definition) is 3. The third-order valence-corrected chi connectivity index (χ3v) is 2.39. The molecule has 0 spiro atoms. The minimum absolute atomic E-state index is 0.144. The Morgan fingerprint density at radius 3 is 3.00 bits per heavy atom. The smallest absolute Gasteiger partial charge is 0.150 e. The molecule has 1 fully saturated rings. The molecule has 3 nitrogen and oxygen atoms in total. The molecule has 70 valence electrons. The van der Waals surface area contributed by atoms with Crippen molar-refractivity contribution in [1.29, 1.82) is 0 Å². The quantitative estimate of drug-likeness (QED) is 0.727. The lowest BCUT2D eigenvalue weighted by Gasteiger charge is -2.38. The highest BCUT2D eigenvalue weighted by molar-refractivity contribution is 6.32. The van der Waals surface area contributed by atoms with E-state index in [0.29, 0.717) is 23.9 Å². The highest BCUT2D eigenvalue weighted by Gasteiger charge is 2.28. The molecule has 0 atom stereocenters. The van der Waals surface area contributed by atoms with Gasteiger partial charge in [-0.05, 0) is 0 Å². The maximum atomic E-state index is 12.1. The topological polar surface area (TPSA) is 29.0 Å². The summed E-state index contributed by atoms with van der Waals surface area (Å²) in [6.07, 6.45) is 3.00. The SMILES string of the molecule is FCC1CN(c2ncncc2Cl)C1. The molecule has 0 radical (unpaired) electrons. The van der Waals surface area contributed by atoms with Crippen molar-refractivity contribution in [2.24, 2.45) is 5.92 Å². The second-order valence-corrected chi connectivity index (χ2v) is 3.53. The van der Waals surface area contributed by atoms with E-state index in [2.05, 4.69) is 9.97 Å². The first-order chi connectivity index (χ1) is 6.31. The maximum Gasteiger partial charge on any atom is 0.150 e. The number of halogens is 2. The van der Waals surface area contributed by atoms with Gasteiger partial charge in [0.2, 0.25) is 0 Å². The second-order valence-electron chi connectivity index (χ2n) is 3.12. The van der Waals surface area contributed by atoms with Crippen LogP contribution in [0.1, 0.15) is 0 Å². The number of aromatic nitrogens is 2. The molecule has 1 aliphatic heterocycles. The number of hydrogen-bond donors (Lipinski definition) is 0. The van der Waals surface area contributed by atoms with Gasteiger partial charge in [0.1, 0.15) is 11.3 Å². The summed E-state index contributed by atoms with van der Waals surface area (Å²) in [4.78, 5) is 9.76. The van der Waals surface area contributed by atoms with Crippen LogP contribution in [0.25, 0.3) is 0 Å². The van der Waals surface area contributed by atoms with Crippen LogP contribution in [0.5, 0.6) is 0 Å². The average molecular weight is 202 g/mol. The van der Waals surface area contributed by atoms with Crippen LogP contribution in [0.4, 0.5) is 10.2 Å². The summed E-state index contributed by atoms with van der Waals surface area (Å²) < 4.78 is 12.1. The van der Waals surface area contributed by atoms with Gasteiger partial charge in [0.25, 0.3) is 0 Å². The van der Waals surface area contributed by atoms with Crippen LogP contribution < -0.4 is 4.90 Å². The normalized spacial score (nSPS) is 17.2. The molecule has 1 aromatic rings. The summed E-state index contributed by atoms with van der Waals surface area (Å²) in [5.41, 5.74) is 0. The molecule has 2 heterocycles. The van der Waals surface area contributed by atoms with E-state index in [1.165, 1.54) is 6.33 Å². The number of rotatable bonds is 2. The van der Waals surface area contributed by atoms with Gasteiger partial charge >= 0.3 is 0 Å². The fraction of sp³-hybridized carbons (Fsp3) is 0.500. The molecule has 5 heteroatoms. The predicted molar refractivity (Wildman–Crippen MR) is 48.7 cm³/mol. The standard InChI is InChI=1S/C8H9ClFN3/c9-7-2-11-5-12-8(7)13-3-6(1-10)4-13/h2,5-6H,1,3-4H2. The first kappa shape index (κ1) is 8.69. The largest absolute Gasteiger partial charge is 0.354 e. The zero-order valence-electron chi connectivity index (χ0n) is 6.95. The molecular weight excluding hydrogens is 193 g/mol. The molecule has 0 amide bonds. The summed E-state index contributed by atoms with van der Waals surface area (Å²) in [6.45, 7) is 1.14. The van der Waals surface area contributed by atoms with Crippen LogP contribution in [0, 0.1) is 5.92 Å². The molecule has 0 N–H and O–H groups in total. The lowest BCUT2D eigenvalue weighted by atomic mass is 10.0. The molecule has 1 aliphatic rings. The Kier molecular flexibility index (Phi) is 2.31. The minimum atomic E-state index is -0.265. The zero-order chi connectivity index (χ0) is 9.26. The van der Waals surface area contributed by atoms with E-state index < -0.39 is 0 Å². The van der Waals surface area contributed by atoms with Gasteiger partial charge in [0.05, 0.1) is 12.9 Å². The monoisotopic (exact) mass is 201 g/mol. The third kappa shape index (κ3) is 1.58. The van der Waals surface area contributed by atoms with Crippen LogP contribution in [0.2, 0.25) is 5.02 Å². The van der Waals surface area contributed by atoms with Gasteiger partial charge in [-0.15, -0.1) is 0 Å². The fourth-order valence-electron chi connectivity index (χ4n) is 1.38. The molecule has 1 saturated heterocycles. The molecule has 0 bridgehead atoms. The number of anilines is 1. The molecule has 0 unspecified atom stereocenters. The maximum absolute atomic E-state index is 12.1. The molecule has 1 aromatic heterocycles. The van der Waals surface area contributed by atoms with Crippen molar-refractivity contribution in [3.63, 3.8) is 0 Å². The first-order valence-corrected chi connectivity index (χ1v) is 4.45. The lowest BCUT2D eigenvalue weighted by Crippen LogP contribution is -2.48. The first-order valence-electron chi connectivity index (χ1n) is 4.07. The second kappa shape index (κ2) is 3.46. The van der Waals surface area contributed by atoms with E-state index in [4.69, 9.17) is 11.6 Å². The zero-order valence-corrected chi connectivity index (χ0v) is 7.71. The van der Waals surface area contributed by atoms with E-state index in [9.17, 15) is 4.39 Å².